The van der Waals surface area contributed by atoms with Gasteiger partial charge in [-0.25, -0.2) is 0 Å². The standard InChI is InChI=1S/C17H26N2O/c1-17(2)12-4-3-5-15(17)19-16(20)11-8-13-6-9-14(18)10-7-13/h6-7,9-10,15H,3-5,8,11-12,18H2,1-2H3,(H,19,20). The average Bonchev–Trinajstić information content (AvgIpc) is 2.40. The fraction of sp³-hybridized carbons (Fsp3) is 0.588. The third-order valence-corrected chi connectivity index (χ3v) is 4.46. The normalized spacial score (nSPS) is 21.4. The summed E-state index contributed by atoms with van der Waals surface area (Å²) in [5.41, 5.74) is 7.82. The Bertz CT molecular complexity index is 451. The van der Waals surface area contributed by atoms with Crippen LogP contribution in [0.3, 0.4) is 0 Å². The number of nitrogens with one attached hydrogen (secondary N) is 1. The summed E-state index contributed by atoms with van der Waals surface area (Å²) in [6, 6.07) is 8.09. The molecule has 1 saturated carbocycles. The first-order valence-corrected chi connectivity index (χ1v) is 7.61. The number of aryl methyl sites for hydroxylation is 1. The Labute approximate surface area is 121 Å². The van der Waals surface area contributed by atoms with Crippen LogP contribution in [0.5, 0.6) is 0 Å². The predicted octanol–water partition coefficient (Wildman–Crippen LogP) is 3.29. The molecule has 1 atom stereocenters. The first-order valence-electron chi connectivity index (χ1n) is 7.61. The number of nitrogens with two attached hydrogens (primary N) is 1. The molecule has 0 radical (unpaired) electrons. The summed E-state index contributed by atoms with van der Waals surface area (Å²) in [7, 11) is 0. The molecule has 1 aliphatic carbocycles. The van der Waals surface area contributed by atoms with Gasteiger partial charge < -0.3 is 11.1 Å². The number of hydrogen-bond donors (Lipinski definition) is 2. The SMILES string of the molecule is CC1(C)CCCCC1NC(=O)CCc1ccc(N)cc1. The number of amides is 1. The zero-order valence-corrected chi connectivity index (χ0v) is 12.6. The van der Waals surface area contributed by atoms with Gasteiger partial charge in [0, 0.05) is 18.2 Å². The molecule has 0 aliphatic heterocycles. The van der Waals surface area contributed by atoms with Crippen LogP contribution < -0.4 is 11.1 Å². The summed E-state index contributed by atoms with van der Waals surface area (Å²) in [4.78, 5) is 12.1. The monoisotopic (exact) mass is 274 g/mol. The zero-order valence-electron chi connectivity index (χ0n) is 12.6. The second-order valence-corrected chi connectivity index (χ2v) is 6.60. The van der Waals surface area contributed by atoms with Crippen molar-refractivity contribution in [3.05, 3.63) is 29.8 Å². The highest BCUT2D eigenvalue weighted by molar-refractivity contribution is 5.76. The minimum Gasteiger partial charge on any atom is -0.399 e. The Hall–Kier alpha value is -1.51. The number of carbonyl (C=O) groups excluding carboxylic acids is 1. The van der Waals surface area contributed by atoms with Gasteiger partial charge in [-0.1, -0.05) is 38.8 Å². The van der Waals surface area contributed by atoms with Gasteiger partial charge in [0.15, 0.2) is 0 Å². The molecular formula is C17H26N2O. The summed E-state index contributed by atoms with van der Waals surface area (Å²) >= 11 is 0. The van der Waals surface area contributed by atoms with E-state index in [2.05, 4.69) is 19.2 Å². The number of hydrogen-bond acceptors (Lipinski definition) is 2. The molecule has 20 heavy (non-hydrogen) atoms. The Morgan fingerprint density at radius 3 is 2.65 bits per heavy atom. The van der Waals surface area contributed by atoms with Crippen molar-refractivity contribution in [2.24, 2.45) is 5.41 Å². The average molecular weight is 274 g/mol. The summed E-state index contributed by atoms with van der Waals surface area (Å²) in [5.74, 6) is 0.168. The fourth-order valence-corrected chi connectivity index (χ4v) is 2.97. The third kappa shape index (κ3) is 3.99. The predicted molar refractivity (Wildman–Crippen MR) is 83.4 cm³/mol. The van der Waals surface area contributed by atoms with Gasteiger partial charge in [0.2, 0.25) is 5.91 Å². The summed E-state index contributed by atoms with van der Waals surface area (Å²) in [5, 5.41) is 3.23. The molecule has 1 fully saturated rings. The first-order chi connectivity index (χ1) is 9.47. The van der Waals surface area contributed by atoms with E-state index in [4.69, 9.17) is 5.73 Å². The van der Waals surface area contributed by atoms with Crippen molar-refractivity contribution in [3.63, 3.8) is 0 Å². The Morgan fingerprint density at radius 2 is 2.00 bits per heavy atom. The number of nitrogen functional groups attached to an aromatic ring is 1. The van der Waals surface area contributed by atoms with Gasteiger partial charge in [0.1, 0.15) is 0 Å². The van der Waals surface area contributed by atoms with Crippen LogP contribution in [0.2, 0.25) is 0 Å². The van der Waals surface area contributed by atoms with E-state index in [0.29, 0.717) is 12.5 Å². The lowest BCUT2D eigenvalue weighted by Crippen LogP contribution is -2.46. The number of benzene rings is 1. The molecule has 0 bridgehead atoms. The number of anilines is 1. The third-order valence-electron chi connectivity index (χ3n) is 4.46. The maximum Gasteiger partial charge on any atom is 0.220 e. The van der Waals surface area contributed by atoms with Gasteiger partial charge in [0.25, 0.3) is 0 Å². The van der Waals surface area contributed by atoms with E-state index in [-0.39, 0.29) is 11.3 Å². The van der Waals surface area contributed by atoms with E-state index in [9.17, 15) is 4.79 Å². The van der Waals surface area contributed by atoms with Crippen LogP contribution in [0, 0.1) is 5.41 Å². The van der Waals surface area contributed by atoms with Gasteiger partial charge >= 0.3 is 0 Å². The minimum atomic E-state index is 0.168. The van der Waals surface area contributed by atoms with Crippen LogP contribution in [0.25, 0.3) is 0 Å². The molecule has 1 aromatic carbocycles. The molecule has 2 rings (SSSR count). The van der Waals surface area contributed by atoms with Crippen molar-refractivity contribution in [2.45, 2.75) is 58.4 Å². The van der Waals surface area contributed by atoms with Crippen molar-refractivity contribution < 1.29 is 4.79 Å². The van der Waals surface area contributed by atoms with Gasteiger partial charge in [-0.15, -0.1) is 0 Å². The van der Waals surface area contributed by atoms with Gasteiger partial charge in [-0.2, -0.15) is 0 Å². The Kier molecular flexibility index (Phi) is 4.69. The molecule has 0 aromatic heterocycles. The van der Waals surface area contributed by atoms with Crippen LogP contribution >= 0.6 is 0 Å². The summed E-state index contributed by atoms with van der Waals surface area (Å²) in [6.45, 7) is 4.52. The van der Waals surface area contributed by atoms with E-state index in [1.165, 1.54) is 19.3 Å². The van der Waals surface area contributed by atoms with Crippen LogP contribution in [0.4, 0.5) is 5.69 Å². The van der Waals surface area contributed by atoms with E-state index in [1.807, 2.05) is 24.3 Å². The minimum absolute atomic E-state index is 0.168. The van der Waals surface area contributed by atoms with Crippen molar-refractivity contribution in [1.29, 1.82) is 0 Å². The highest BCUT2D eigenvalue weighted by Gasteiger charge is 2.32. The lowest BCUT2D eigenvalue weighted by molar-refractivity contribution is -0.123. The zero-order chi connectivity index (χ0) is 14.6. The highest BCUT2D eigenvalue weighted by Crippen LogP contribution is 2.35. The summed E-state index contributed by atoms with van der Waals surface area (Å²) < 4.78 is 0. The molecule has 0 heterocycles. The molecule has 110 valence electrons. The Balaban J connectivity index is 1.81. The van der Waals surface area contributed by atoms with Crippen LogP contribution in [0.1, 0.15) is 51.5 Å². The first kappa shape index (κ1) is 14.9. The maximum atomic E-state index is 12.1. The van der Waals surface area contributed by atoms with Gasteiger partial charge in [0.05, 0.1) is 0 Å². The quantitative estimate of drug-likeness (QED) is 0.828. The van der Waals surface area contributed by atoms with Crippen molar-refractivity contribution in [1.82, 2.24) is 5.32 Å². The largest absolute Gasteiger partial charge is 0.399 e. The van der Waals surface area contributed by atoms with E-state index in [1.54, 1.807) is 0 Å². The molecule has 3 heteroatoms. The van der Waals surface area contributed by atoms with Gasteiger partial charge in [-0.05, 0) is 42.4 Å². The van der Waals surface area contributed by atoms with Crippen molar-refractivity contribution >= 4 is 11.6 Å². The van der Waals surface area contributed by atoms with E-state index >= 15 is 0 Å². The highest BCUT2D eigenvalue weighted by atomic mass is 16.1. The molecule has 0 spiro atoms. The molecule has 1 amide bonds. The van der Waals surface area contributed by atoms with Crippen molar-refractivity contribution in [2.75, 3.05) is 5.73 Å². The smallest absolute Gasteiger partial charge is 0.220 e. The second kappa shape index (κ2) is 6.29. The fourth-order valence-electron chi connectivity index (χ4n) is 2.97. The van der Waals surface area contributed by atoms with E-state index < -0.39 is 0 Å². The Morgan fingerprint density at radius 1 is 1.30 bits per heavy atom. The lowest BCUT2D eigenvalue weighted by Gasteiger charge is -2.39. The maximum absolute atomic E-state index is 12.1. The van der Waals surface area contributed by atoms with Gasteiger partial charge in [-0.3, -0.25) is 4.79 Å². The molecule has 1 aliphatic rings. The lowest BCUT2D eigenvalue weighted by atomic mass is 9.73. The van der Waals surface area contributed by atoms with Crippen LogP contribution in [-0.4, -0.2) is 11.9 Å². The van der Waals surface area contributed by atoms with Crippen LogP contribution in [-0.2, 0) is 11.2 Å². The molecular weight excluding hydrogens is 248 g/mol. The molecule has 1 aromatic rings. The molecule has 1 unspecified atom stereocenters. The number of rotatable bonds is 4. The summed E-state index contributed by atoms with van der Waals surface area (Å²) in [6.07, 6.45) is 6.16. The topological polar surface area (TPSA) is 55.1 Å². The van der Waals surface area contributed by atoms with E-state index in [0.717, 1.165) is 24.1 Å². The van der Waals surface area contributed by atoms with Crippen LogP contribution in [0.15, 0.2) is 24.3 Å². The van der Waals surface area contributed by atoms with Crippen molar-refractivity contribution in [3.8, 4) is 0 Å². The molecule has 3 N–H and O–H groups in total. The number of carbonyl (C=O) groups is 1. The molecule has 3 nitrogen and oxygen atoms in total. The second-order valence-electron chi connectivity index (χ2n) is 6.60. The molecule has 0 saturated heterocycles.